The monoisotopic (exact) mass is 1290 g/mol. The number of carbonyl (C=O) groups is 9. The zero-order valence-electron chi connectivity index (χ0n) is 35.5. The van der Waals surface area contributed by atoms with Crippen LogP contribution in [0.4, 0.5) is 0 Å². The Labute approximate surface area is 407 Å². The first-order valence-electron chi connectivity index (χ1n) is 18.1. The number of hydrogen-bond donors (Lipinski definition) is 7. The van der Waals surface area contributed by atoms with Crippen LogP contribution in [-0.2, 0) is 82.1 Å². The van der Waals surface area contributed by atoms with Crippen LogP contribution in [-0.4, -0.2) is 107 Å². The van der Waals surface area contributed by atoms with Gasteiger partial charge in [0.1, 0.15) is 5.75 Å². The predicted octanol–water partition coefficient (Wildman–Crippen LogP) is 6.43. The average Bonchev–Trinajstić information content (AvgIpc) is 3.15. The van der Waals surface area contributed by atoms with Crippen molar-refractivity contribution in [3.8, 4) is 12.0 Å². The number of carbonyl (C=O) groups excluding carboxylic acids is 2. The molecule has 0 saturated heterocycles. The van der Waals surface area contributed by atoms with Crippen LogP contribution in [0, 0.1) is 37.2 Å². The van der Waals surface area contributed by atoms with Crippen molar-refractivity contribution < 1.29 is 131 Å². The third-order valence-electron chi connectivity index (χ3n) is 7.32. The van der Waals surface area contributed by atoms with Crippen LogP contribution in [0.1, 0.15) is 113 Å². The second kappa shape index (κ2) is 46.6. The average molecular weight is 1290 g/mol. The Bertz CT molecular complexity index is 1610. The zero-order chi connectivity index (χ0) is 48.2. The Morgan fingerprint density at radius 3 is 1.03 bits per heavy atom. The minimum atomic E-state index is -1.82. The molecule has 65 heavy (non-hydrogen) atoms. The van der Waals surface area contributed by atoms with E-state index < -0.39 is 41.8 Å². The van der Waals surface area contributed by atoms with E-state index in [0.717, 1.165) is 26.7 Å². The van der Waals surface area contributed by atoms with E-state index in [9.17, 15) is 14.4 Å². The molecule has 2 saturated carbocycles. The molecule has 23 heteroatoms. The summed E-state index contributed by atoms with van der Waals surface area (Å²) in [5.74, 6) is -8.55. The molecule has 0 amide bonds. The summed E-state index contributed by atoms with van der Waals surface area (Å²) in [6.45, 7) is 12.9. The molecule has 2 aliphatic rings. The van der Waals surface area contributed by atoms with Gasteiger partial charge in [-0.25, -0.2) is 19.2 Å². The van der Waals surface area contributed by atoms with Crippen LogP contribution in [0.3, 0.4) is 0 Å². The van der Waals surface area contributed by atoms with E-state index in [-0.39, 0.29) is 85.1 Å². The maximum atomic E-state index is 10.9. The van der Waals surface area contributed by atoms with Gasteiger partial charge in [-0.3, -0.25) is 24.0 Å². The van der Waals surface area contributed by atoms with Gasteiger partial charge in [0.15, 0.2) is 11.6 Å². The maximum absolute atomic E-state index is 10.9. The number of carboxylic acid groups (broad SMARTS) is 7. The molecule has 0 aliphatic heterocycles. The number of ketones is 2. The van der Waals surface area contributed by atoms with Gasteiger partial charge in [0.05, 0.1) is 6.42 Å². The fourth-order valence-corrected chi connectivity index (χ4v) is 4.26. The van der Waals surface area contributed by atoms with Gasteiger partial charge in [-0.15, -0.1) is 5.26 Å². The number of aliphatic carboxylic acids is 7. The quantitative estimate of drug-likeness (QED) is 0.0734. The van der Waals surface area contributed by atoms with Gasteiger partial charge >= 0.3 is 72.0 Å². The first kappa shape index (κ1) is 76.9. The Hall–Kier alpha value is -5.38. The van der Waals surface area contributed by atoms with Crippen molar-refractivity contribution in [2.24, 2.45) is 11.8 Å². The first-order valence-corrected chi connectivity index (χ1v) is 18.1. The summed E-state index contributed by atoms with van der Waals surface area (Å²) >= 11 is 0. The molecule has 0 spiro atoms. The summed E-state index contributed by atoms with van der Waals surface area (Å²) in [6.07, 6.45) is 11.1. The Morgan fingerprint density at radius 2 is 0.846 bits per heavy atom. The fourth-order valence-electron chi connectivity index (χ4n) is 4.26. The fraction of sp³-hybridized carbons (Fsp3) is 0.429. The number of nitrogens with one attached hydrogen (secondary N) is 2. The van der Waals surface area contributed by atoms with E-state index in [1.807, 2.05) is 0 Å². The summed E-state index contributed by atoms with van der Waals surface area (Å²) in [4.78, 5) is 86.4. The predicted molar refractivity (Wildman–Crippen MR) is 229 cm³/mol. The molecule has 2 aromatic carbocycles. The van der Waals surface area contributed by atoms with Crippen molar-refractivity contribution in [3.05, 3.63) is 90.5 Å². The van der Waals surface area contributed by atoms with E-state index in [1.165, 1.54) is 52.4 Å². The number of nitriles is 1. The molecule has 0 radical (unpaired) electrons. The number of ether oxygens (including phenoxy) is 1. The van der Waals surface area contributed by atoms with E-state index in [1.54, 1.807) is 54.8 Å². The normalized spacial score (nSPS) is 15.4. The molecule has 0 heterocycles. The summed E-state index contributed by atoms with van der Waals surface area (Å²) in [6, 6.07) is 13.3. The summed E-state index contributed by atoms with van der Waals surface area (Å²) in [5, 5.41) is 61.0. The van der Waals surface area contributed by atoms with Gasteiger partial charge in [0, 0.05) is 25.0 Å². The summed E-state index contributed by atoms with van der Waals surface area (Å²) in [5.41, 5.74) is 16.8. The van der Waals surface area contributed by atoms with Crippen LogP contribution in [0.15, 0.2) is 48.5 Å². The van der Waals surface area contributed by atoms with Crippen LogP contribution in [0.5, 0.6) is 5.75 Å². The van der Waals surface area contributed by atoms with Crippen LogP contribution in [0.2, 0.25) is 0 Å². The molecular formula is C42H61N3O18Pt2. The number of nitrogens with zero attached hydrogens (tertiary/aromatic N) is 1. The van der Waals surface area contributed by atoms with E-state index in [0.29, 0.717) is 34.3 Å². The SMILES string of the molecule is C.CC(=O)O.CC(=O)O.CC(=O)c1ccc(CC(=O)O)cc1.CC(=O)c1ccc(OC#N)cc1.O.O=C(O)C(=O)O.O=C(O)C(=O)O.[CH2-][C@@H]1CCCC[C@H]1[NH-].[CH2-][C@@H]1CCCC[C@H]1[NH-].[Pt+2].[Pt+2]. The van der Waals surface area contributed by atoms with Gasteiger partial charge in [0.2, 0.25) is 0 Å². The zero-order valence-corrected chi connectivity index (χ0v) is 40.0. The van der Waals surface area contributed by atoms with Crippen molar-refractivity contribution in [2.45, 2.75) is 105 Å². The molecule has 0 aromatic heterocycles. The second-order valence-electron chi connectivity index (χ2n) is 12.7. The van der Waals surface area contributed by atoms with Gasteiger partial charge in [-0.2, -0.15) is 23.9 Å². The van der Waals surface area contributed by atoms with Crippen molar-refractivity contribution >= 4 is 53.4 Å². The van der Waals surface area contributed by atoms with Crippen molar-refractivity contribution in [3.63, 3.8) is 0 Å². The largest absolute Gasteiger partial charge is 2.00 e. The third-order valence-corrected chi connectivity index (χ3v) is 7.32. The standard InChI is InChI=1S/C10H10O3.C9H7NO2.2C7H13N.2C2H2O4.2C2H4O2.CH4.H2O.2Pt/c1-7(11)9-4-2-8(3-5-9)6-10(12)13;1-7(11)8-2-4-9(5-3-8)12-6-10;2*1-6-4-2-3-5-7(6)8;2*3-1(4)2(5)6;2*1-2(3)4;;;;/h2-5H,6H2,1H3,(H,12,13);2-5H,1H3;2*6-8H,1-5H2;2*(H,3,4)(H,5,6);2*1H3,(H,3,4);1H4;1H2;;/q;;2*-2;;;;;;;2*+2/t;;2*6-,7-;;;;;;;;/m..11......../s1. The Balaban J connectivity index is -0.0000000974. The van der Waals surface area contributed by atoms with Crippen LogP contribution in [0.25, 0.3) is 11.5 Å². The van der Waals surface area contributed by atoms with E-state index >= 15 is 0 Å². The van der Waals surface area contributed by atoms with Crippen molar-refractivity contribution in [1.29, 1.82) is 5.26 Å². The molecule has 2 aromatic rings. The van der Waals surface area contributed by atoms with Crippen molar-refractivity contribution in [2.75, 3.05) is 0 Å². The molecule has 0 bridgehead atoms. The molecule has 11 N–H and O–H groups in total. The number of Topliss-reactive ketones (excluding diaryl/α,β-unsaturated/α-hetero) is 2. The number of benzene rings is 2. The molecule has 4 atom stereocenters. The number of hydrogen-bond acceptors (Lipinski definition) is 11. The minimum absolute atomic E-state index is 0. The maximum Gasteiger partial charge on any atom is 2.00 e. The Morgan fingerprint density at radius 1 is 0.585 bits per heavy atom. The molecule has 0 unspecified atom stereocenters. The van der Waals surface area contributed by atoms with Gasteiger partial charge in [0.25, 0.3) is 18.2 Å². The van der Waals surface area contributed by atoms with E-state index in [2.05, 4.69) is 18.6 Å². The molecular weight excluding hydrogens is 1220 g/mol. The van der Waals surface area contributed by atoms with Gasteiger partial charge < -0.3 is 71.3 Å². The topological polar surface area (TPSA) is 407 Å². The van der Waals surface area contributed by atoms with Crippen LogP contribution >= 0.6 is 0 Å². The van der Waals surface area contributed by atoms with Gasteiger partial charge in [-0.05, 0) is 43.7 Å². The number of carboxylic acids is 7. The first-order chi connectivity index (χ1) is 28.2. The molecule has 2 aliphatic carbocycles. The van der Waals surface area contributed by atoms with Gasteiger partial charge in [-0.1, -0.05) is 83.1 Å². The van der Waals surface area contributed by atoms with Crippen molar-refractivity contribution in [1.82, 2.24) is 0 Å². The summed E-state index contributed by atoms with van der Waals surface area (Å²) < 4.78 is 4.53. The van der Waals surface area contributed by atoms with Crippen LogP contribution < -0.4 is 4.74 Å². The van der Waals surface area contributed by atoms with E-state index in [4.69, 9.17) is 81.2 Å². The molecule has 2 fully saturated rings. The third kappa shape index (κ3) is 52.9. The smallest absolute Gasteiger partial charge is 0.677 e. The summed E-state index contributed by atoms with van der Waals surface area (Å²) in [7, 11) is 0. The number of rotatable bonds is 5. The molecule has 372 valence electrons. The molecule has 21 nitrogen and oxygen atoms in total. The minimum Gasteiger partial charge on any atom is -0.677 e. The second-order valence-corrected chi connectivity index (χ2v) is 12.7. The Kier molecular flexibility index (Phi) is 55.1. The molecule has 4 rings (SSSR count).